The molecule has 1 aliphatic heterocycles. The Morgan fingerprint density at radius 1 is 1.17 bits per heavy atom. The first-order valence-electron chi connectivity index (χ1n) is 9.20. The minimum absolute atomic E-state index is 0.0660. The lowest BCUT2D eigenvalue weighted by Crippen LogP contribution is -2.23. The van der Waals surface area contributed by atoms with Gasteiger partial charge in [-0.3, -0.25) is 9.36 Å². The largest absolute Gasteiger partial charge is 0.454 e. The Morgan fingerprint density at radius 3 is 2.93 bits per heavy atom. The first kappa shape index (κ1) is 18.7. The zero-order valence-corrected chi connectivity index (χ0v) is 17.3. The van der Waals surface area contributed by atoms with Crippen molar-refractivity contribution in [2.75, 3.05) is 6.79 Å². The quantitative estimate of drug-likeness (QED) is 0.343. The molecule has 0 spiro atoms. The number of aromatic nitrogens is 2. The highest BCUT2D eigenvalue weighted by atomic mass is 32.2. The van der Waals surface area contributed by atoms with E-state index in [0.717, 1.165) is 11.1 Å². The molecule has 0 fully saturated rings. The topological polar surface area (TPSA) is 77.1 Å². The molecule has 4 aromatic rings. The lowest BCUT2D eigenvalue weighted by molar-refractivity contribution is 0.174. The number of benzene rings is 2. The van der Waals surface area contributed by atoms with Gasteiger partial charge in [0.1, 0.15) is 4.70 Å². The summed E-state index contributed by atoms with van der Waals surface area (Å²) in [6, 6.07) is 17.2. The Labute approximate surface area is 180 Å². The maximum absolute atomic E-state index is 13.2. The van der Waals surface area contributed by atoms with Crippen LogP contribution in [-0.4, -0.2) is 16.3 Å². The monoisotopic (exact) mass is 433 g/mol. The molecule has 30 heavy (non-hydrogen) atoms. The smallest absolute Gasteiger partial charge is 0.272 e. The fourth-order valence-corrected chi connectivity index (χ4v) is 5.07. The van der Waals surface area contributed by atoms with Crippen LogP contribution in [0.4, 0.5) is 0 Å². The van der Waals surface area contributed by atoms with Crippen molar-refractivity contribution >= 4 is 33.3 Å². The number of ether oxygens (including phenoxy) is 2. The Balaban J connectivity index is 1.52. The van der Waals surface area contributed by atoms with E-state index < -0.39 is 0 Å². The molecule has 0 amide bonds. The molecule has 0 atom stereocenters. The summed E-state index contributed by atoms with van der Waals surface area (Å²) in [6.45, 7) is 0.583. The third kappa shape index (κ3) is 3.43. The number of thiophene rings is 1. The maximum Gasteiger partial charge on any atom is 0.272 e. The van der Waals surface area contributed by atoms with Gasteiger partial charge in [-0.2, -0.15) is 5.26 Å². The number of hydrogen-bond donors (Lipinski definition) is 0. The van der Waals surface area contributed by atoms with Gasteiger partial charge in [0.25, 0.3) is 5.56 Å². The van der Waals surface area contributed by atoms with E-state index in [9.17, 15) is 10.1 Å². The highest BCUT2D eigenvalue weighted by Crippen LogP contribution is 2.33. The van der Waals surface area contributed by atoms with Crippen molar-refractivity contribution in [1.29, 1.82) is 5.26 Å². The summed E-state index contributed by atoms with van der Waals surface area (Å²) in [4.78, 5) is 17.9. The Kier molecular flexibility index (Phi) is 4.91. The Morgan fingerprint density at radius 2 is 2.03 bits per heavy atom. The second-order valence-electron chi connectivity index (χ2n) is 6.67. The van der Waals surface area contributed by atoms with Crippen LogP contribution in [0.25, 0.3) is 10.2 Å². The predicted octanol–water partition coefficient (Wildman–Crippen LogP) is 4.40. The third-order valence-corrected chi connectivity index (χ3v) is 6.72. The number of thioether (sulfide) groups is 1. The number of nitrogens with zero attached hydrogens (tertiary/aromatic N) is 3. The maximum atomic E-state index is 13.2. The molecule has 148 valence electrons. The molecule has 5 rings (SSSR count). The van der Waals surface area contributed by atoms with Crippen LogP contribution < -0.4 is 15.0 Å². The van der Waals surface area contributed by atoms with Gasteiger partial charge >= 0.3 is 0 Å². The lowest BCUT2D eigenvalue weighted by Gasteiger charge is -2.13. The minimum atomic E-state index is -0.0660. The van der Waals surface area contributed by atoms with Gasteiger partial charge < -0.3 is 9.47 Å². The predicted molar refractivity (Wildman–Crippen MR) is 116 cm³/mol. The van der Waals surface area contributed by atoms with E-state index in [1.165, 1.54) is 23.1 Å². The fourth-order valence-electron chi connectivity index (χ4n) is 3.29. The third-order valence-electron chi connectivity index (χ3n) is 4.80. The van der Waals surface area contributed by atoms with Gasteiger partial charge in [0.2, 0.25) is 6.79 Å². The summed E-state index contributed by atoms with van der Waals surface area (Å²) in [5, 5.41) is 11.8. The summed E-state index contributed by atoms with van der Waals surface area (Å²) in [7, 11) is 0. The molecule has 0 unspecified atom stereocenters. The molecular weight excluding hydrogens is 418 g/mol. The summed E-state index contributed by atoms with van der Waals surface area (Å²) >= 11 is 2.85. The van der Waals surface area contributed by atoms with Gasteiger partial charge in [0.05, 0.1) is 23.7 Å². The summed E-state index contributed by atoms with van der Waals surface area (Å²) in [5.41, 5.74) is 3.11. The first-order chi connectivity index (χ1) is 14.7. The highest BCUT2D eigenvalue weighted by Gasteiger charge is 2.17. The highest BCUT2D eigenvalue weighted by molar-refractivity contribution is 7.98. The zero-order valence-electron chi connectivity index (χ0n) is 15.7. The van der Waals surface area contributed by atoms with Crippen LogP contribution in [0.5, 0.6) is 11.5 Å². The molecule has 0 radical (unpaired) electrons. The Hall–Kier alpha value is -3.28. The standard InChI is InChI=1S/C22H15N3O3S2/c23-10-15-3-1-2-4-16(15)12-30-22-24-17-7-8-29-20(17)21(26)25(22)11-14-5-6-18-19(9-14)28-13-27-18/h1-9H,11-13H2. The van der Waals surface area contributed by atoms with Crippen LogP contribution in [0.2, 0.25) is 0 Å². The minimum Gasteiger partial charge on any atom is -0.454 e. The molecule has 0 N–H and O–H groups in total. The second-order valence-corrected chi connectivity index (χ2v) is 8.52. The zero-order chi connectivity index (χ0) is 20.5. The van der Waals surface area contributed by atoms with Crippen molar-refractivity contribution in [3.05, 3.63) is 81.0 Å². The van der Waals surface area contributed by atoms with Crippen LogP contribution in [0.3, 0.4) is 0 Å². The van der Waals surface area contributed by atoms with Crippen LogP contribution in [0, 0.1) is 11.3 Å². The molecule has 8 heteroatoms. The van der Waals surface area contributed by atoms with Crippen molar-refractivity contribution in [3.8, 4) is 17.6 Å². The van der Waals surface area contributed by atoms with Gasteiger partial charge in [-0.05, 0) is 40.8 Å². The SMILES string of the molecule is N#Cc1ccccc1CSc1nc2ccsc2c(=O)n1Cc1ccc2c(c1)OCO2. The van der Waals surface area contributed by atoms with Crippen molar-refractivity contribution in [2.24, 2.45) is 0 Å². The van der Waals surface area contributed by atoms with E-state index in [2.05, 4.69) is 6.07 Å². The average molecular weight is 434 g/mol. The summed E-state index contributed by atoms with van der Waals surface area (Å²) in [6.07, 6.45) is 0. The van der Waals surface area contributed by atoms with Gasteiger partial charge in [-0.25, -0.2) is 4.98 Å². The van der Waals surface area contributed by atoms with E-state index in [4.69, 9.17) is 14.5 Å². The first-order valence-corrected chi connectivity index (χ1v) is 11.1. The van der Waals surface area contributed by atoms with E-state index in [0.29, 0.717) is 44.7 Å². The van der Waals surface area contributed by atoms with Crippen LogP contribution in [0.1, 0.15) is 16.7 Å². The summed E-state index contributed by atoms with van der Waals surface area (Å²) < 4.78 is 13.2. The van der Waals surface area contributed by atoms with Crippen molar-refractivity contribution in [2.45, 2.75) is 17.5 Å². The van der Waals surface area contributed by atoms with Gasteiger partial charge in [-0.15, -0.1) is 11.3 Å². The van der Waals surface area contributed by atoms with Crippen molar-refractivity contribution < 1.29 is 9.47 Å². The van der Waals surface area contributed by atoms with Crippen LogP contribution in [-0.2, 0) is 12.3 Å². The number of rotatable bonds is 5. The molecule has 3 heterocycles. The van der Waals surface area contributed by atoms with E-state index >= 15 is 0 Å². The number of hydrogen-bond acceptors (Lipinski definition) is 7. The van der Waals surface area contributed by atoms with Crippen LogP contribution in [0.15, 0.2) is 63.9 Å². The average Bonchev–Trinajstić information content (AvgIpc) is 3.43. The second kappa shape index (κ2) is 7.86. The van der Waals surface area contributed by atoms with Gasteiger partial charge in [-0.1, -0.05) is 36.0 Å². The molecule has 0 saturated carbocycles. The van der Waals surface area contributed by atoms with Crippen LogP contribution >= 0.6 is 23.1 Å². The number of fused-ring (bicyclic) bond motifs is 2. The van der Waals surface area contributed by atoms with E-state index in [1.54, 1.807) is 10.6 Å². The fraction of sp³-hybridized carbons (Fsp3) is 0.136. The van der Waals surface area contributed by atoms with E-state index in [1.807, 2.05) is 47.8 Å². The molecule has 0 bridgehead atoms. The molecule has 2 aromatic heterocycles. The molecule has 1 aliphatic rings. The summed E-state index contributed by atoms with van der Waals surface area (Å²) in [5.74, 6) is 1.94. The normalized spacial score (nSPS) is 12.2. The molecule has 0 aliphatic carbocycles. The van der Waals surface area contributed by atoms with Crippen molar-refractivity contribution in [3.63, 3.8) is 0 Å². The lowest BCUT2D eigenvalue weighted by atomic mass is 10.1. The van der Waals surface area contributed by atoms with E-state index in [-0.39, 0.29) is 12.4 Å². The molecular formula is C22H15N3O3S2. The molecule has 6 nitrogen and oxygen atoms in total. The van der Waals surface area contributed by atoms with Crippen molar-refractivity contribution in [1.82, 2.24) is 9.55 Å². The molecule has 0 saturated heterocycles. The Bertz CT molecular complexity index is 1350. The van der Waals surface area contributed by atoms with Gasteiger partial charge in [0.15, 0.2) is 16.7 Å². The molecule has 2 aromatic carbocycles. The van der Waals surface area contributed by atoms with Gasteiger partial charge in [0, 0.05) is 5.75 Å². The number of nitriles is 1.